The van der Waals surface area contributed by atoms with E-state index in [4.69, 9.17) is 0 Å². The maximum atomic E-state index is 12.8. The second kappa shape index (κ2) is 4.63. The van der Waals surface area contributed by atoms with Crippen molar-refractivity contribution >= 4 is 17.5 Å². The zero-order valence-electron chi connectivity index (χ0n) is 8.45. The molecule has 2 nitrogen and oxygen atoms in total. The van der Waals surface area contributed by atoms with Crippen molar-refractivity contribution in [3.05, 3.63) is 11.1 Å². The largest absolute Gasteiger partial charge is 0.460 e. The highest BCUT2D eigenvalue weighted by atomic mass is 32.2. The van der Waals surface area contributed by atoms with Gasteiger partial charge in [-0.25, -0.2) is 0 Å². The average molecular weight is 297 g/mol. The minimum atomic E-state index is -6.50. The van der Waals surface area contributed by atoms with Gasteiger partial charge >= 0.3 is 18.0 Å². The first-order valence-electron chi connectivity index (χ1n) is 4.45. The molecule has 1 N–H and O–H groups in total. The second-order valence-electron chi connectivity index (χ2n) is 3.29. The number of halogens is 7. The highest BCUT2D eigenvalue weighted by Crippen LogP contribution is 2.47. The molecule has 0 spiro atoms. The van der Waals surface area contributed by atoms with Crippen LogP contribution in [0, 0.1) is 0 Å². The summed E-state index contributed by atoms with van der Waals surface area (Å²) in [6.07, 6.45) is -6.43. The Morgan fingerprint density at radius 2 is 1.72 bits per heavy atom. The van der Waals surface area contributed by atoms with Crippen molar-refractivity contribution in [2.75, 3.05) is 12.3 Å². The first kappa shape index (κ1) is 15.1. The van der Waals surface area contributed by atoms with Gasteiger partial charge in [0.15, 0.2) is 0 Å². The van der Waals surface area contributed by atoms with Gasteiger partial charge in [0.25, 0.3) is 0 Å². The Hall–Kier alpha value is -0.930. The Labute approximate surface area is 101 Å². The van der Waals surface area contributed by atoms with Gasteiger partial charge in [-0.05, 0) is 0 Å². The fourth-order valence-electron chi connectivity index (χ4n) is 1.02. The SMILES string of the molecule is O=C(/C=C1/NCCS1)C(F)(F)C(F)(F)C(F)(F)F. The highest BCUT2D eigenvalue weighted by Gasteiger charge is 2.75. The van der Waals surface area contributed by atoms with Gasteiger partial charge in [-0.1, -0.05) is 0 Å². The molecule has 0 aromatic rings. The van der Waals surface area contributed by atoms with Crippen molar-refractivity contribution in [3.63, 3.8) is 0 Å². The van der Waals surface area contributed by atoms with E-state index in [2.05, 4.69) is 5.32 Å². The van der Waals surface area contributed by atoms with Crippen molar-refractivity contribution in [2.45, 2.75) is 18.0 Å². The van der Waals surface area contributed by atoms with Crippen LogP contribution >= 0.6 is 11.8 Å². The lowest BCUT2D eigenvalue weighted by Crippen LogP contribution is -2.55. The molecule has 104 valence electrons. The summed E-state index contributed by atoms with van der Waals surface area (Å²) in [6.45, 7) is 0.311. The fraction of sp³-hybridized carbons (Fsp3) is 0.625. The number of carbonyl (C=O) groups excluding carboxylic acids is 1. The Bertz CT molecular complexity index is 368. The molecule has 0 unspecified atom stereocenters. The third-order valence-corrected chi connectivity index (χ3v) is 2.96. The molecule has 0 atom stereocenters. The van der Waals surface area contributed by atoms with Gasteiger partial charge in [0.2, 0.25) is 5.78 Å². The third kappa shape index (κ3) is 2.57. The van der Waals surface area contributed by atoms with E-state index in [-0.39, 0.29) is 11.1 Å². The number of rotatable bonds is 3. The van der Waals surface area contributed by atoms with Crippen molar-refractivity contribution in [1.29, 1.82) is 0 Å². The van der Waals surface area contributed by atoms with E-state index < -0.39 is 23.8 Å². The molecule has 0 saturated carbocycles. The summed E-state index contributed by atoms with van der Waals surface area (Å²) < 4.78 is 86.0. The molecule has 1 fully saturated rings. The maximum Gasteiger partial charge on any atom is 0.460 e. The molecule has 0 amide bonds. The van der Waals surface area contributed by atoms with Gasteiger partial charge in [-0.2, -0.15) is 30.7 Å². The standard InChI is InChI=1S/C8H6F7NOS/c9-6(10,7(11,12)8(13,14)15)4(17)3-5-16-1-2-18-5/h3,16H,1-2H2/b5-3-. The molecule has 1 aliphatic rings. The summed E-state index contributed by atoms with van der Waals surface area (Å²) in [4.78, 5) is 10.9. The number of hydrogen-bond acceptors (Lipinski definition) is 3. The minimum absolute atomic E-state index is 0.0668. The first-order valence-corrected chi connectivity index (χ1v) is 5.44. The van der Waals surface area contributed by atoms with E-state index >= 15 is 0 Å². The van der Waals surface area contributed by atoms with Crippen LogP contribution in [0.2, 0.25) is 0 Å². The highest BCUT2D eigenvalue weighted by molar-refractivity contribution is 8.03. The smallest absolute Gasteiger partial charge is 0.379 e. The zero-order chi connectivity index (χ0) is 14.2. The summed E-state index contributed by atoms with van der Waals surface area (Å²) in [5.74, 6) is -14.4. The van der Waals surface area contributed by atoms with Gasteiger partial charge in [-0.3, -0.25) is 4.79 Å². The number of hydrogen-bond donors (Lipinski definition) is 1. The number of ketones is 1. The van der Waals surface area contributed by atoms with Crippen LogP contribution in [0.1, 0.15) is 0 Å². The van der Waals surface area contributed by atoms with Crippen LogP contribution in [-0.2, 0) is 4.79 Å². The van der Waals surface area contributed by atoms with Gasteiger partial charge in [-0.15, -0.1) is 11.8 Å². The summed E-state index contributed by atoms with van der Waals surface area (Å²) >= 11 is 0.875. The lowest BCUT2D eigenvalue weighted by molar-refractivity contribution is -0.342. The Kier molecular flexibility index (Phi) is 3.89. The lowest BCUT2D eigenvalue weighted by atomic mass is 10.1. The molecule has 0 aliphatic carbocycles. The van der Waals surface area contributed by atoms with Crippen molar-refractivity contribution in [2.24, 2.45) is 0 Å². The molecule has 10 heteroatoms. The van der Waals surface area contributed by atoms with Crippen LogP contribution in [-0.4, -0.2) is 36.1 Å². The van der Waals surface area contributed by atoms with E-state index in [0.717, 1.165) is 11.8 Å². The predicted octanol–water partition coefficient (Wildman–Crippen LogP) is 2.57. The van der Waals surface area contributed by atoms with E-state index in [1.165, 1.54) is 0 Å². The molecule has 18 heavy (non-hydrogen) atoms. The van der Waals surface area contributed by atoms with Crippen molar-refractivity contribution < 1.29 is 35.5 Å². The molecule has 1 aliphatic heterocycles. The molecule has 0 aromatic heterocycles. The Morgan fingerprint density at radius 1 is 1.17 bits per heavy atom. The van der Waals surface area contributed by atoms with Crippen molar-refractivity contribution in [3.8, 4) is 0 Å². The molecule has 0 aromatic carbocycles. The van der Waals surface area contributed by atoms with Gasteiger partial charge in [0.05, 0.1) is 5.03 Å². The summed E-state index contributed by atoms with van der Waals surface area (Å²) in [5, 5.41) is 2.24. The van der Waals surface area contributed by atoms with Gasteiger partial charge in [0, 0.05) is 18.4 Å². The van der Waals surface area contributed by atoms with E-state index in [1.807, 2.05) is 0 Å². The molecular weight excluding hydrogens is 291 g/mol. The molecule has 1 saturated heterocycles. The molecule has 0 radical (unpaired) electrons. The van der Waals surface area contributed by atoms with Crippen LogP contribution in [0.3, 0.4) is 0 Å². The Morgan fingerprint density at radius 3 is 2.11 bits per heavy atom. The second-order valence-corrected chi connectivity index (χ2v) is 4.43. The number of alkyl halides is 7. The van der Waals surface area contributed by atoms with E-state index in [9.17, 15) is 35.5 Å². The summed E-state index contributed by atoms with van der Waals surface area (Å²) in [5.41, 5.74) is 0. The number of carbonyl (C=O) groups is 1. The predicted molar refractivity (Wildman–Crippen MR) is 49.5 cm³/mol. The monoisotopic (exact) mass is 297 g/mol. The lowest BCUT2D eigenvalue weighted by Gasteiger charge is -2.26. The number of nitrogens with one attached hydrogen (secondary N) is 1. The number of allylic oxidation sites excluding steroid dienone is 1. The van der Waals surface area contributed by atoms with Gasteiger partial charge < -0.3 is 5.32 Å². The molecule has 1 heterocycles. The maximum absolute atomic E-state index is 12.8. The molecule has 0 bridgehead atoms. The van der Waals surface area contributed by atoms with Crippen molar-refractivity contribution in [1.82, 2.24) is 5.32 Å². The topological polar surface area (TPSA) is 29.1 Å². The number of thioether (sulfide) groups is 1. The van der Waals surface area contributed by atoms with Crippen LogP contribution in [0.4, 0.5) is 30.7 Å². The van der Waals surface area contributed by atoms with E-state index in [0.29, 0.717) is 12.3 Å². The van der Waals surface area contributed by atoms with Gasteiger partial charge in [0.1, 0.15) is 0 Å². The summed E-state index contributed by atoms with van der Waals surface area (Å²) in [7, 11) is 0. The molecule has 1 rings (SSSR count). The first-order chi connectivity index (χ1) is 8.00. The quantitative estimate of drug-likeness (QED) is 0.641. The normalized spacial score (nSPS) is 20.1. The van der Waals surface area contributed by atoms with Crippen LogP contribution in [0.5, 0.6) is 0 Å². The van der Waals surface area contributed by atoms with Crippen LogP contribution in [0.25, 0.3) is 0 Å². The summed E-state index contributed by atoms with van der Waals surface area (Å²) in [6, 6.07) is 0. The minimum Gasteiger partial charge on any atom is -0.379 e. The van der Waals surface area contributed by atoms with E-state index in [1.54, 1.807) is 0 Å². The van der Waals surface area contributed by atoms with Crippen LogP contribution in [0.15, 0.2) is 11.1 Å². The zero-order valence-corrected chi connectivity index (χ0v) is 9.27. The van der Waals surface area contributed by atoms with Crippen LogP contribution < -0.4 is 5.32 Å². The average Bonchev–Trinajstić information content (AvgIpc) is 2.68. The fourth-order valence-corrected chi connectivity index (χ4v) is 1.84. The molecular formula is C8H6F7NOS. The Balaban J connectivity index is 2.99. The third-order valence-electron chi connectivity index (χ3n) is 1.98.